The van der Waals surface area contributed by atoms with Crippen LogP contribution in [0.5, 0.6) is 0 Å². The van der Waals surface area contributed by atoms with Crippen LogP contribution in [0.1, 0.15) is 32.5 Å². The Morgan fingerprint density at radius 1 is 1.16 bits per heavy atom. The number of benzene rings is 1. The van der Waals surface area contributed by atoms with Gasteiger partial charge >= 0.3 is 0 Å². The number of rotatable bonds is 6. The fourth-order valence-electron chi connectivity index (χ4n) is 1.65. The van der Waals surface area contributed by atoms with Crippen molar-refractivity contribution in [2.45, 2.75) is 32.7 Å². The van der Waals surface area contributed by atoms with Crippen molar-refractivity contribution in [2.24, 2.45) is 0 Å². The zero-order chi connectivity index (χ0) is 13.7. The van der Waals surface area contributed by atoms with Gasteiger partial charge in [-0.1, -0.05) is 32.0 Å². The minimum absolute atomic E-state index is 0.328. The van der Waals surface area contributed by atoms with Gasteiger partial charge in [-0.05, 0) is 19.1 Å². The number of nitrogens with one attached hydrogen (secondary N) is 2. The summed E-state index contributed by atoms with van der Waals surface area (Å²) in [5.74, 6) is 1.29. The molecule has 1 unspecified atom stereocenters. The second kappa shape index (κ2) is 6.52. The van der Waals surface area contributed by atoms with E-state index in [4.69, 9.17) is 0 Å². The lowest BCUT2D eigenvalue weighted by atomic mass is 10.2. The predicted molar refractivity (Wildman–Crippen MR) is 82.0 cm³/mol. The molecule has 19 heavy (non-hydrogen) atoms. The van der Waals surface area contributed by atoms with Crippen LogP contribution < -0.4 is 10.6 Å². The van der Waals surface area contributed by atoms with E-state index in [9.17, 15) is 0 Å². The van der Waals surface area contributed by atoms with Gasteiger partial charge in [-0.3, -0.25) is 0 Å². The lowest BCUT2D eigenvalue weighted by molar-refractivity contribution is 0.794. The molecular formula is C14H20N4S. The average molecular weight is 276 g/mol. The molecule has 2 rings (SSSR count). The van der Waals surface area contributed by atoms with E-state index in [1.54, 1.807) is 0 Å². The molecule has 4 nitrogen and oxygen atoms in total. The normalized spacial score (nSPS) is 12.4. The minimum Gasteiger partial charge on any atom is -0.381 e. The highest BCUT2D eigenvalue weighted by molar-refractivity contribution is 7.09. The number of para-hydroxylation sites is 1. The van der Waals surface area contributed by atoms with E-state index in [-0.39, 0.29) is 0 Å². The van der Waals surface area contributed by atoms with Crippen molar-refractivity contribution in [3.8, 4) is 0 Å². The van der Waals surface area contributed by atoms with Crippen LogP contribution in [0.4, 0.5) is 10.8 Å². The molecule has 1 aromatic carbocycles. The molecule has 0 aliphatic carbocycles. The van der Waals surface area contributed by atoms with E-state index in [0.29, 0.717) is 12.0 Å². The Labute approximate surface area is 118 Å². The topological polar surface area (TPSA) is 49.8 Å². The first-order chi connectivity index (χ1) is 9.15. The monoisotopic (exact) mass is 276 g/mol. The number of anilines is 2. The lowest BCUT2D eigenvalue weighted by Gasteiger charge is -2.15. The standard InChI is InChI=1S/C14H20N4S/c1-10(2)13-17-14(19-18-13)15-9-11(3)16-12-7-5-4-6-8-12/h4-8,10-11,16H,9H2,1-3H3,(H,15,17,18). The van der Waals surface area contributed by atoms with Crippen molar-refractivity contribution in [3.63, 3.8) is 0 Å². The molecule has 1 heterocycles. The van der Waals surface area contributed by atoms with Gasteiger partial charge in [0.15, 0.2) is 0 Å². The van der Waals surface area contributed by atoms with Crippen LogP contribution in [0, 0.1) is 0 Å². The molecule has 0 aliphatic heterocycles. The molecule has 0 radical (unpaired) electrons. The SMILES string of the molecule is CC(CNc1nc(C(C)C)ns1)Nc1ccccc1. The van der Waals surface area contributed by atoms with E-state index in [2.05, 4.69) is 52.9 Å². The maximum absolute atomic E-state index is 4.46. The van der Waals surface area contributed by atoms with Gasteiger partial charge in [0.1, 0.15) is 5.82 Å². The van der Waals surface area contributed by atoms with E-state index in [1.165, 1.54) is 11.5 Å². The average Bonchev–Trinajstić information content (AvgIpc) is 2.86. The van der Waals surface area contributed by atoms with E-state index in [1.807, 2.05) is 18.2 Å². The molecule has 0 amide bonds. The fraction of sp³-hybridized carbons (Fsp3) is 0.429. The first kappa shape index (κ1) is 13.8. The Balaban J connectivity index is 1.81. The first-order valence-electron chi connectivity index (χ1n) is 6.54. The third-order valence-corrected chi connectivity index (χ3v) is 3.39. The summed E-state index contributed by atoms with van der Waals surface area (Å²) in [6.45, 7) is 7.17. The lowest BCUT2D eigenvalue weighted by Crippen LogP contribution is -2.24. The summed E-state index contributed by atoms with van der Waals surface area (Å²) < 4.78 is 4.33. The van der Waals surface area contributed by atoms with E-state index in [0.717, 1.165) is 23.2 Å². The number of hydrogen-bond donors (Lipinski definition) is 2. The highest BCUT2D eigenvalue weighted by Crippen LogP contribution is 2.17. The van der Waals surface area contributed by atoms with Crippen LogP contribution in [0.15, 0.2) is 30.3 Å². The Kier molecular flexibility index (Phi) is 4.74. The van der Waals surface area contributed by atoms with Crippen molar-refractivity contribution in [2.75, 3.05) is 17.2 Å². The molecule has 0 saturated carbocycles. The summed E-state index contributed by atoms with van der Waals surface area (Å²) in [6.07, 6.45) is 0. The Hall–Kier alpha value is -1.62. The van der Waals surface area contributed by atoms with E-state index < -0.39 is 0 Å². The number of hydrogen-bond acceptors (Lipinski definition) is 5. The maximum atomic E-state index is 4.46. The highest BCUT2D eigenvalue weighted by atomic mass is 32.1. The van der Waals surface area contributed by atoms with Crippen molar-refractivity contribution >= 4 is 22.4 Å². The molecule has 0 spiro atoms. The number of aromatic nitrogens is 2. The summed E-state index contributed by atoms with van der Waals surface area (Å²) in [5.41, 5.74) is 1.14. The zero-order valence-electron chi connectivity index (χ0n) is 11.6. The summed E-state index contributed by atoms with van der Waals surface area (Å²) in [6, 6.07) is 10.5. The van der Waals surface area contributed by atoms with Gasteiger partial charge in [-0.15, -0.1) is 0 Å². The molecule has 0 aliphatic rings. The summed E-state index contributed by atoms with van der Waals surface area (Å²) in [5, 5.41) is 7.65. The van der Waals surface area contributed by atoms with Crippen molar-refractivity contribution < 1.29 is 0 Å². The van der Waals surface area contributed by atoms with Crippen molar-refractivity contribution in [1.82, 2.24) is 9.36 Å². The van der Waals surface area contributed by atoms with Gasteiger partial charge in [0.2, 0.25) is 5.13 Å². The van der Waals surface area contributed by atoms with Crippen LogP contribution in [0.3, 0.4) is 0 Å². The zero-order valence-corrected chi connectivity index (χ0v) is 12.4. The highest BCUT2D eigenvalue weighted by Gasteiger charge is 2.08. The summed E-state index contributed by atoms with van der Waals surface area (Å²) >= 11 is 1.43. The molecule has 2 aromatic rings. The molecule has 2 N–H and O–H groups in total. The summed E-state index contributed by atoms with van der Waals surface area (Å²) in [7, 11) is 0. The Morgan fingerprint density at radius 2 is 1.89 bits per heavy atom. The van der Waals surface area contributed by atoms with Gasteiger partial charge < -0.3 is 10.6 Å². The van der Waals surface area contributed by atoms with Crippen LogP contribution in [0.2, 0.25) is 0 Å². The number of nitrogens with zero attached hydrogens (tertiary/aromatic N) is 2. The molecule has 5 heteroatoms. The van der Waals surface area contributed by atoms with Gasteiger partial charge in [-0.25, -0.2) is 4.98 Å². The largest absolute Gasteiger partial charge is 0.381 e. The maximum Gasteiger partial charge on any atom is 0.202 e. The summed E-state index contributed by atoms with van der Waals surface area (Å²) in [4.78, 5) is 4.46. The smallest absolute Gasteiger partial charge is 0.202 e. The minimum atomic E-state index is 0.328. The second-order valence-corrected chi connectivity index (χ2v) is 5.66. The van der Waals surface area contributed by atoms with E-state index >= 15 is 0 Å². The molecule has 1 aromatic heterocycles. The van der Waals surface area contributed by atoms with Gasteiger partial charge in [0.05, 0.1) is 0 Å². The molecule has 0 bridgehead atoms. The van der Waals surface area contributed by atoms with Crippen LogP contribution >= 0.6 is 11.5 Å². The first-order valence-corrected chi connectivity index (χ1v) is 7.31. The third kappa shape index (κ3) is 4.21. The molecule has 0 saturated heterocycles. The van der Waals surface area contributed by atoms with Crippen molar-refractivity contribution in [3.05, 3.63) is 36.2 Å². The Morgan fingerprint density at radius 3 is 2.53 bits per heavy atom. The van der Waals surface area contributed by atoms with Gasteiger partial charge in [0.25, 0.3) is 0 Å². The third-order valence-electron chi connectivity index (χ3n) is 2.70. The second-order valence-electron chi connectivity index (χ2n) is 4.90. The molecule has 1 atom stereocenters. The van der Waals surface area contributed by atoms with Crippen LogP contribution in [-0.2, 0) is 0 Å². The molecule has 0 fully saturated rings. The van der Waals surface area contributed by atoms with Gasteiger partial charge in [0, 0.05) is 35.7 Å². The molecule has 102 valence electrons. The van der Waals surface area contributed by atoms with Crippen molar-refractivity contribution in [1.29, 1.82) is 0 Å². The van der Waals surface area contributed by atoms with Crippen LogP contribution in [-0.4, -0.2) is 21.9 Å². The fourth-order valence-corrected chi connectivity index (χ4v) is 2.37. The molecular weight excluding hydrogens is 256 g/mol. The van der Waals surface area contributed by atoms with Crippen LogP contribution in [0.25, 0.3) is 0 Å². The Bertz CT molecular complexity index is 495. The van der Waals surface area contributed by atoms with Gasteiger partial charge in [-0.2, -0.15) is 4.37 Å². The quantitative estimate of drug-likeness (QED) is 0.847. The predicted octanol–water partition coefficient (Wildman–Crippen LogP) is 3.57.